The molecule has 4 N–H and O–H groups in total. The molecule has 0 fully saturated rings. The standard InChI is InChI=1S/C20H21N5O3/c1-2-26-15-6-4-3-5-14(15)25-20-18(21)19(23-11-24-20)22-10-13-7-8-16-17(9-13)28-12-27-16/h3-9,11H,2,10,12,21H2,1H3,(H2,22,23,24,25). The first-order valence-corrected chi connectivity index (χ1v) is 8.96. The largest absolute Gasteiger partial charge is 0.492 e. The van der Waals surface area contributed by atoms with Crippen LogP contribution in [0.5, 0.6) is 17.2 Å². The normalized spacial score (nSPS) is 11.9. The Labute approximate surface area is 162 Å². The Hall–Kier alpha value is -3.68. The summed E-state index contributed by atoms with van der Waals surface area (Å²) in [5, 5.41) is 6.46. The van der Waals surface area contributed by atoms with E-state index < -0.39 is 0 Å². The van der Waals surface area contributed by atoms with Crippen molar-refractivity contribution in [2.24, 2.45) is 0 Å². The number of nitrogen functional groups attached to an aromatic ring is 1. The molecule has 3 aromatic rings. The van der Waals surface area contributed by atoms with Gasteiger partial charge in [-0.3, -0.25) is 0 Å². The Kier molecular flexibility index (Phi) is 5.01. The van der Waals surface area contributed by atoms with Gasteiger partial charge in [0.2, 0.25) is 6.79 Å². The van der Waals surface area contributed by atoms with Gasteiger partial charge < -0.3 is 30.6 Å². The SMILES string of the molecule is CCOc1ccccc1Nc1ncnc(NCc2ccc3c(c2)OCO3)c1N. The fraction of sp³-hybridized carbons (Fsp3) is 0.200. The van der Waals surface area contributed by atoms with Gasteiger partial charge in [-0.25, -0.2) is 9.97 Å². The van der Waals surface area contributed by atoms with Crippen LogP contribution in [0.2, 0.25) is 0 Å². The molecule has 1 aliphatic heterocycles. The predicted octanol–water partition coefficient (Wildman–Crippen LogP) is 3.54. The molecule has 2 heterocycles. The van der Waals surface area contributed by atoms with Gasteiger partial charge in [0.15, 0.2) is 23.1 Å². The summed E-state index contributed by atoms with van der Waals surface area (Å²) in [6, 6.07) is 13.4. The van der Waals surface area contributed by atoms with E-state index in [9.17, 15) is 0 Å². The molecule has 8 nitrogen and oxygen atoms in total. The van der Waals surface area contributed by atoms with Crippen LogP contribution in [0.15, 0.2) is 48.8 Å². The van der Waals surface area contributed by atoms with Crippen molar-refractivity contribution in [3.63, 3.8) is 0 Å². The van der Waals surface area contributed by atoms with E-state index in [-0.39, 0.29) is 6.79 Å². The molecule has 0 spiro atoms. The number of benzene rings is 2. The lowest BCUT2D eigenvalue weighted by Crippen LogP contribution is -2.08. The molecular weight excluding hydrogens is 358 g/mol. The van der Waals surface area contributed by atoms with Crippen LogP contribution in [0.3, 0.4) is 0 Å². The van der Waals surface area contributed by atoms with Gasteiger partial charge in [0.05, 0.1) is 12.3 Å². The second-order valence-corrected chi connectivity index (χ2v) is 6.08. The van der Waals surface area contributed by atoms with Gasteiger partial charge in [0, 0.05) is 6.54 Å². The number of anilines is 4. The van der Waals surface area contributed by atoms with Crippen molar-refractivity contribution in [3.05, 3.63) is 54.4 Å². The third kappa shape index (κ3) is 3.71. The molecule has 0 bridgehead atoms. The minimum absolute atomic E-state index is 0.253. The van der Waals surface area contributed by atoms with Gasteiger partial charge in [-0.05, 0) is 36.8 Å². The molecule has 0 amide bonds. The molecule has 28 heavy (non-hydrogen) atoms. The maximum atomic E-state index is 6.27. The van der Waals surface area contributed by atoms with Gasteiger partial charge in [-0.15, -0.1) is 0 Å². The van der Waals surface area contributed by atoms with Gasteiger partial charge in [-0.1, -0.05) is 18.2 Å². The molecule has 0 saturated heterocycles. The van der Waals surface area contributed by atoms with Crippen LogP contribution >= 0.6 is 0 Å². The van der Waals surface area contributed by atoms with Crippen molar-refractivity contribution in [2.45, 2.75) is 13.5 Å². The summed E-state index contributed by atoms with van der Waals surface area (Å²) in [4.78, 5) is 8.51. The molecule has 4 rings (SSSR count). The molecule has 1 aromatic heterocycles. The second kappa shape index (κ2) is 7.91. The van der Waals surface area contributed by atoms with E-state index in [1.807, 2.05) is 49.4 Å². The maximum Gasteiger partial charge on any atom is 0.231 e. The van der Waals surface area contributed by atoms with E-state index in [0.29, 0.717) is 30.5 Å². The first kappa shape index (κ1) is 17.7. The van der Waals surface area contributed by atoms with Crippen LogP contribution in [0.1, 0.15) is 12.5 Å². The van der Waals surface area contributed by atoms with Crippen molar-refractivity contribution in [2.75, 3.05) is 29.8 Å². The fourth-order valence-electron chi connectivity index (χ4n) is 2.85. The van der Waals surface area contributed by atoms with Gasteiger partial charge in [0.25, 0.3) is 0 Å². The summed E-state index contributed by atoms with van der Waals surface area (Å²) in [5.74, 6) is 3.28. The second-order valence-electron chi connectivity index (χ2n) is 6.08. The third-order valence-corrected chi connectivity index (χ3v) is 4.22. The van der Waals surface area contributed by atoms with Crippen LogP contribution in [-0.2, 0) is 6.54 Å². The van der Waals surface area contributed by atoms with Gasteiger partial charge in [0.1, 0.15) is 17.8 Å². The molecule has 2 aromatic carbocycles. The zero-order chi connectivity index (χ0) is 19.3. The summed E-state index contributed by atoms with van der Waals surface area (Å²) in [5.41, 5.74) is 8.51. The third-order valence-electron chi connectivity index (χ3n) is 4.22. The minimum atomic E-state index is 0.253. The topological polar surface area (TPSA) is 104 Å². The summed E-state index contributed by atoms with van der Waals surface area (Å²) >= 11 is 0. The molecule has 0 radical (unpaired) electrons. The Balaban J connectivity index is 1.49. The molecule has 0 unspecified atom stereocenters. The van der Waals surface area contributed by atoms with Crippen LogP contribution in [0.4, 0.5) is 23.0 Å². The summed E-state index contributed by atoms with van der Waals surface area (Å²) in [7, 11) is 0. The minimum Gasteiger partial charge on any atom is -0.492 e. The van der Waals surface area contributed by atoms with Crippen molar-refractivity contribution in [1.29, 1.82) is 0 Å². The number of fused-ring (bicyclic) bond motifs is 1. The summed E-state index contributed by atoms with van der Waals surface area (Å²) in [6.45, 7) is 3.30. The summed E-state index contributed by atoms with van der Waals surface area (Å²) < 4.78 is 16.4. The Bertz CT molecular complexity index is 980. The van der Waals surface area contributed by atoms with E-state index in [2.05, 4.69) is 20.6 Å². The first-order chi connectivity index (χ1) is 13.7. The lowest BCUT2D eigenvalue weighted by Gasteiger charge is -2.15. The van der Waals surface area contributed by atoms with Crippen molar-refractivity contribution in [1.82, 2.24) is 9.97 Å². The number of nitrogens with zero attached hydrogens (tertiary/aromatic N) is 2. The number of rotatable bonds is 7. The van der Waals surface area contributed by atoms with Crippen molar-refractivity contribution >= 4 is 23.0 Å². The first-order valence-electron chi connectivity index (χ1n) is 8.96. The Morgan fingerprint density at radius 3 is 2.79 bits per heavy atom. The lowest BCUT2D eigenvalue weighted by atomic mass is 10.2. The maximum absolute atomic E-state index is 6.27. The molecule has 144 valence electrons. The predicted molar refractivity (Wildman–Crippen MR) is 107 cm³/mol. The smallest absolute Gasteiger partial charge is 0.231 e. The zero-order valence-corrected chi connectivity index (χ0v) is 15.4. The quantitative estimate of drug-likeness (QED) is 0.573. The molecule has 1 aliphatic rings. The highest BCUT2D eigenvalue weighted by atomic mass is 16.7. The van der Waals surface area contributed by atoms with E-state index in [1.165, 1.54) is 6.33 Å². The van der Waals surface area contributed by atoms with Crippen LogP contribution < -0.4 is 30.6 Å². The van der Waals surface area contributed by atoms with Crippen LogP contribution in [-0.4, -0.2) is 23.4 Å². The summed E-state index contributed by atoms with van der Waals surface area (Å²) in [6.07, 6.45) is 1.46. The van der Waals surface area contributed by atoms with Gasteiger partial charge in [-0.2, -0.15) is 0 Å². The van der Waals surface area contributed by atoms with E-state index in [4.69, 9.17) is 19.9 Å². The number of ether oxygens (including phenoxy) is 3. The number of aromatic nitrogens is 2. The van der Waals surface area contributed by atoms with E-state index in [0.717, 1.165) is 28.5 Å². The van der Waals surface area contributed by atoms with Gasteiger partial charge >= 0.3 is 0 Å². The number of nitrogens with two attached hydrogens (primary N) is 1. The molecular formula is C20H21N5O3. The fourth-order valence-corrected chi connectivity index (χ4v) is 2.85. The number of hydrogen-bond donors (Lipinski definition) is 3. The highest BCUT2D eigenvalue weighted by molar-refractivity contribution is 5.79. The lowest BCUT2D eigenvalue weighted by molar-refractivity contribution is 0.174. The van der Waals surface area contributed by atoms with E-state index in [1.54, 1.807) is 0 Å². The number of hydrogen-bond acceptors (Lipinski definition) is 8. The number of nitrogens with one attached hydrogen (secondary N) is 2. The van der Waals surface area contributed by atoms with Crippen LogP contribution in [0.25, 0.3) is 0 Å². The van der Waals surface area contributed by atoms with Crippen molar-refractivity contribution in [3.8, 4) is 17.2 Å². The monoisotopic (exact) mass is 379 g/mol. The zero-order valence-electron chi connectivity index (χ0n) is 15.4. The molecule has 0 atom stereocenters. The number of para-hydroxylation sites is 2. The molecule has 8 heteroatoms. The Morgan fingerprint density at radius 2 is 1.89 bits per heavy atom. The van der Waals surface area contributed by atoms with E-state index >= 15 is 0 Å². The van der Waals surface area contributed by atoms with Crippen LogP contribution in [0, 0.1) is 0 Å². The highest BCUT2D eigenvalue weighted by Gasteiger charge is 2.14. The molecule has 0 aliphatic carbocycles. The average molecular weight is 379 g/mol. The Morgan fingerprint density at radius 1 is 1.07 bits per heavy atom. The highest BCUT2D eigenvalue weighted by Crippen LogP contribution is 2.33. The van der Waals surface area contributed by atoms with Crippen molar-refractivity contribution < 1.29 is 14.2 Å². The average Bonchev–Trinajstić information content (AvgIpc) is 3.18. The molecule has 0 saturated carbocycles.